The van der Waals surface area contributed by atoms with E-state index in [1.807, 2.05) is 0 Å². The lowest BCUT2D eigenvalue weighted by molar-refractivity contribution is -0.125. The quantitative estimate of drug-likeness (QED) is 0.756. The lowest BCUT2D eigenvalue weighted by Crippen LogP contribution is -2.52. The molecule has 1 rings (SSSR count). The standard InChI is InChI=1S/C13H25NO2/c1-3-11(2)9-12(16)14-13(10-15)7-5-4-6-8-13/h11,15H,3-10H2,1-2H3,(H,14,16). The van der Waals surface area contributed by atoms with Gasteiger partial charge in [0, 0.05) is 6.42 Å². The minimum absolute atomic E-state index is 0.0826. The van der Waals surface area contributed by atoms with Gasteiger partial charge in [-0.15, -0.1) is 0 Å². The molecule has 1 aliphatic carbocycles. The molecule has 0 saturated heterocycles. The molecule has 16 heavy (non-hydrogen) atoms. The number of rotatable bonds is 5. The normalized spacial score (nSPS) is 21.4. The Morgan fingerprint density at radius 3 is 2.50 bits per heavy atom. The highest BCUT2D eigenvalue weighted by Crippen LogP contribution is 2.28. The molecule has 2 N–H and O–H groups in total. The number of hydrogen-bond donors (Lipinski definition) is 2. The van der Waals surface area contributed by atoms with Crippen LogP contribution in [0.4, 0.5) is 0 Å². The van der Waals surface area contributed by atoms with Crippen molar-refractivity contribution in [2.75, 3.05) is 6.61 Å². The number of amides is 1. The molecule has 1 fully saturated rings. The van der Waals surface area contributed by atoms with Crippen LogP contribution in [0.15, 0.2) is 0 Å². The molecule has 0 bridgehead atoms. The van der Waals surface area contributed by atoms with Gasteiger partial charge < -0.3 is 10.4 Å². The van der Waals surface area contributed by atoms with Crippen LogP contribution in [0.5, 0.6) is 0 Å². The smallest absolute Gasteiger partial charge is 0.220 e. The van der Waals surface area contributed by atoms with Gasteiger partial charge in [-0.1, -0.05) is 39.5 Å². The summed E-state index contributed by atoms with van der Waals surface area (Å²) in [5.41, 5.74) is -0.317. The monoisotopic (exact) mass is 227 g/mol. The second-order valence-corrected chi connectivity index (χ2v) is 5.26. The fourth-order valence-corrected chi connectivity index (χ4v) is 2.36. The van der Waals surface area contributed by atoms with Crippen molar-refractivity contribution in [3.63, 3.8) is 0 Å². The van der Waals surface area contributed by atoms with Crippen LogP contribution in [0.1, 0.15) is 58.8 Å². The van der Waals surface area contributed by atoms with E-state index in [1.54, 1.807) is 0 Å². The first-order valence-electron chi connectivity index (χ1n) is 6.54. The number of carbonyl (C=O) groups excluding carboxylic acids is 1. The van der Waals surface area contributed by atoms with Crippen molar-refractivity contribution in [2.24, 2.45) is 5.92 Å². The first-order chi connectivity index (χ1) is 7.62. The summed E-state index contributed by atoms with van der Waals surface area (Å²) in [7, 11) is 0. The molecule has 0 heterocycles. The van der Waals surface area contributed by atoms with Gasteiger partial charge in [0.1, 0.15) is 0 Å². The maximum atomic E-state index is 11.8. The van der Waals surface area contributed by atoms with Crippen molar-refractivity contribution in [2.45, 2.75) is 64.3 Å². The van der Waals surface area contributed by atoms with Crippen molar-refractivity contribution in [3.8, 4) is 0 Å². The van der Waals surface area contributed by atoms with Crippen molar-refractivity contribution >= 4 is 5.91 Å². The zero-order valence-corrected chi connectivity index (χ0v) is 10.6. The van der Waals surface area contributed by atoms with E-state index in [0.717, 1.165) is 32.1 Å². The molecule has 0 radical (unpaired) electrons. The minimum atomic E-state index is -0.317. The largest absolute Gasteiger partial charge is 0.394 e. The van der Waals surface area contributed by atoms with Crippen LogP contribution in [0.2, 0.25) is 0 Å². The van der Waals surface area contributed by atoms with Crippen molar-refractivity contribution < 1.29 is 9.90 Å². The molecule has 1 amide bonds. The maximum absolute atomic E-state index is 11.8. The number of hydrogen-bond acceptors (Lipinski definition) is 2. The fraction of sp³-hybridized carbons (Fsp3) is 0.923. The van der Waals surface area contributed by atoms with Gasteiger partial charge in [0.25, 0.3) is 0 Å². The average Bonchev–Trinajstić information content (AvgIpc) is 2.29. The van der Waals surface area contributed by atoms with E-state index >= 15 is 0 Å². The predicted molar refractivity (Wildman–Crippen MR) is 65.1 cm³/mol. The average molecular weight is 227 g/mol. The Morgan fingerprint density at radius 2 is 2.00 bits per heavy atom. The zero-order valence-electron chi connectivity index (χ0n) is 10.6. The van der Waals surface area contributed by atoms with Crippen molar-refractivity contribution in [1.82, 2.24) is 5.32 Å². The van der Waals surface area contributed by atoms with Gasteiger partial charge in [0.15, 0.2) is 0 Å². The van der Waals surface area contributed by atoms with E-state index in [-0.39, 0.29) is 18.1 Å². The molecule has 0 aliphatic heterocycles. The van der Waals surface area contributed by atoms with Gasteiger partial charge >= 0.3 is 0 Å². The van der Waals surface area contributed by atoms with E-state index < -0.39 is 0 Å². The molecular weight excluding hydrogens is 202 g/mol. The Bertz CT molecular complexity index is 222. The highest BCUT2D eigenvalue weighted by Gasteiger charge is 2.32. The summed E-state index contributed by atoms with van der Waals surface area (Å²) in [4.78, 5) is 11.8. The zero-order chi connectivity index (χ0) is 12.0. The van der Waals surface area contributed by atoms with Crippen LogP contribution in [0.25, 0.3) is 0 Å². The van der Waals surface area contributed by atoms with Gasteiger partial charge in [0.05, 0.1) is 12.1 Å². The molecule has 1 aliphatic rings. The van der Waals surface area contributed by atoms with Gasteiger partial charge in [-0.3, -0.25) is 4.79 Å². The first-order valence-corrected chi connectivity index (χ1v) is 6.54. The first kappa shape index (κ1) is 13.5. The van der Waals surface area contributed by atoms with E-state index in [0.29, 0.717) is 12.3 Å². The van der Waals surface area contributed by atoms with Gasteiger partial charge in [-0.25, -0.2) is 0 Å². The number of carbonyl (C=O) groups is 1. The second kappa shape index (κ2) is 6.24. The van der Waals surface area contributed by atoms with Crippen LogP contribution < -0.4 is 5.32 Å². The number of nitrogens with one attached hydrogen (secondary N) is 1. The SMILES string of the molecule is CCC(C)CC(=O)NC1(CO)CCCCC1. The molecule has 0 aromatic carbocycles. The molecule has 1 unspecified atom stereocenters. The molecule has 1 saturated carbocycles. The van der Waals surface area contributed by atoms with Gasteiger partial charge in [-0.05, 0) is 18.8 Å². The summed E-state index contributed by atoms with van der Waals surface area (Å²) in [6.45, 7) is 4.27. The minimum Gasteiger partial charge on any atom is -0.394 e. The van der Waals surface area contributed by atoms with Gasteiger partial charge in [0.2, 0.25) is 5.91 Å². The molecule has 0 aromatic rings. The van der Waals surface area contributed by atoms with E-state index in [9.17, 15) is 9.90 Å². The number of aliphatic hydroxyl groups excluding tert-OH is 1. The third-order valence-corrected chi connectivity index (χ3v) is 3.75. The molecular formula is C13H25NO2. The Morgan fingerprint density at radius 1 is 1.38 bits per heavy atom. The summed E-state index contributed by atoms with van der Waals surface area (Å²) < 4.78 is 0. The Kier molecular flexibility index (Phi) is 5.26. The predicted octanol–water partition coefficient (Wildman–Crippen LogP) is 2.23. The fourth-order valence-electron chi connectivity index (χ4n) is 2.36. The highest BCUT2D eigenvalue weighted by molar-refractivity contribution is 5.77. The second-order valence-electron chi connectivity index (χ2n) is 5.26. The molecule has 94 valence electrons. The number of aliphatic hydroxyl groups is 1. The lowest BCUT2D eigenvalue weighted by atomic mass is 9.82. The van der Waals surface area contributed by atoms with Crippen LogP contribution in [-0.2, 0) is 4.79 Å². The third-order valence-electron chi connectivity index (χ3n) is 3.75. The van der Waals surface area contributed by atoms with E-state index in [4.69, 9.17) is 0 Å². The summed E-state index contributed by atoms with van der Waals surface area (Å²) in [6, 6.07) is 0. The van der Waals surface area contributed by atoms with Crippen LogP contribution >= 0.6 is 0 Å². The van der Waals surface area contributed by atoms with Crippen LogP contribution in [-0.4, -0.2) is 23.2 Å². The summed E-state index contributed by atoms with van der Waals surface area (Å²) in [5, 5.41) is 12.5. The molecule has 1 atom stereocenters. The maximum Gasteiger partial charge on any atom is 0.220 e. The van der Waals surface area contributed by atoms with E-state index in [1.165, 1.54) is 6.42 Å². The van der Waals surface area contributed by atoms with Gasteiger partial charge in [-0.2, -0.15) is 0 Å². The topological polar surface area (TPSA) is 49.3 Å². The molecule has 3 nitrogen and oxygen atoms in total. The Balaban J connectivity index is 2.45. The lowest BCUT2D eigenvalue weighted by Gasteiger charge is -2.36. The Labute approximate surface area is 98.6 Å². The summed E-state index contributed by atoms with van der Waals surface area (Å²) in [6.07, 6.45) is 6.92. The third kappa shape index (κ3) is 3.78. The summed E-state index contributed by atoms with van der Waals surface area (Å²) in [5.74, 6) is 0.532. The van der Waals surface area contributed by atoms with Crippen LogP contribution in [0.3, 0.4) is 0 Å². The highest BCUT2D eigenvalue weighted by atomic mass is 16.3. The Hall–Kier alpha value is -0.570. The molecule has 0 aromatic heterocycles. The molecule has 0 spiro atoms. The molecule has 3 heteroatoms. The van der Waals surface area contributed by atoms with E-state index in [2.05, 4.69) is 19.2 Å². The van der Waals surface area contributed by atoms with Crippen molar-refractivity contribution in [3.05, 3.63) is 0 Å². The van der Waals surface area contributed by atoms with Crippen molar-refractivity contribution in [1.29, 1.82) is 0 Å². The summed E-state index contributed by atoms with van der Waals surface area (Å²) >= 11 is 0. The van der Waals surface area contributed by atoms with Crippen LogP contribution in [0, 0.1) is 5.92 Å².